The van der Waals surface area contributed by atoms with Crippen LogP contribution in [0.2, 0.25) is 0 Å². The molecule has 7 heteroatoms. The molecule has 114 valence electrons. The van der Waals surface area contributed by atoms with E-state index in [0.717, 1.165) is 18.7 Å². The van der Waals surface area contributed by atoms with Crippen LogP contribution >= 0.6 is 0 Å². The van der Waals surface area contributed by atoms with Crippen LogP contribution in [-0.4, -0.2) is 49.6 Å². The van der Waals surface area contributed by atoms with E-state index in [4.69, 9.17) is 5.73 Å². The van der Waals surface area contributed by atoms with Crippen molar-refractivity contribution in [1.29, 1.82) is 0 Å². The van der Waals surface area contributed by atoms with Gasteiger partial charge in [0.25, 0.3) is 0 Å². The van der Waals surface area contributed by atoms with E-state index < -0.39 is 6.03 Å². The molecule has 0 atom stereocenters. The van der Waals surface area contributed by atoms with Crippen molar-refractivity contribution in [3.8, 4) is 0 Å². The Morgan fingerprint density at radius 3 is 2.52 bits per heavy atom. The van der Waals surface area contributed by atoms with E-state index >= 15 is 0 Å². The van der Waals surface area contributed by atoms with E-state index in [-0.39, 0.29) is 18.3 Å². The maximum absolute atomic E-state index is 12.9. The summed E-state index contributed by atoms with van der Waals surface area (Å²) in [5, 5.41) is 2.30. The number of anilines is 1. The Hall–Kier alpha value is -2.31. The van der Waals surface area contributed by atoms with Crippen molar-refractivity contribution >= 4 is 17.6 Å². The van der Waals surface area contributed by atoms with Crippen LogP contribution in [0.1, 0.15) is 6.42 Å². The number of halogens is 1. The van der Waals surface area contributed by atoms with E-state index in [0.29, 0.717) is 19.6 Å². The predicted molar refractivity (Wildman–Crippen MR) is 77.4 cm³/mol. The van der Waals surface area contributed by atoms with Gasteiger partial charge in [-0.25, -0.2) is 9.18 Å². The van der Waals surface area contributed by atoms with Gasteiger partial charge in [-0.3, -0.25) is 4.79 Å². The number of primary amides is 1. The lowest BCUT2D eigenvalue weighted by molar-refractivity contribution is -0.129. The highest BCUT2D eigenvalue weighted by molar-refractivity contribution is 5.83. The molecule has 1 aliphatic rings. The number of nitrogens with one attached hydrogen (secondary N) is 1. The number of carbonyl (C=O) groups excluding carboxylic acids is 2. The Morgan fingerprint density at radius 2 is 1.86 bits per heavy atom. The van der Waals surface area contributed by atoms with Crippen LogP contribution in [0.5, 0.6) is 0 Å². The van der Waals surface area contributed by atoms with Crippen molar-refractivity contribution in [3.05, 3.63) is 30.1 Å². The number of amides is 3. The van der Waals surface area contributed by atoms with Gasteiger partial charge in [-0.05, 0) is 30.7 Å². The molecule has 0 aliphatic carbocycles. The minimum Gasteiger partial charge on any atom is -0.370 e. The lowest BCUT2D eigenvalue weighted by Gasteiger charge is -2.23. The molecular formula is C14H19FN4O2. The Morgan fingerprint density at radius 1 is 1.14 bits per heavy atom. The molecule has 1 heterocycles. The average molecular weight is 294 g/mol. The first kappa shape index (κ1) is 15.1. The molecule has 1 aromatic carbocycles. The number of nitrogens with zero attached hydrogens (tertiary/aromatic N) is 2. The third-order valence-electron chi connectivity index (χ3n) is 3.45. The number of carbonyl (C=O) groups is 2. The summed E-state index contributed by atoms with van der Waals surface area (Å²) in [7, 11) is 0. The van der Waals surface area contributed by atoms with E-state index in [9.17, 15) is 14.0 Å². The fraction of sp³-hybridized carbons (Fsp3) is 0.429. The molecule has 1 saturated heterocycles. The summed E-state index contributed by atoms with van der Waals surface area (Å²) in [5.41, 5.74) is 5.90. The molecule has 0 aromatic heterocycles. The second-order valence-electron chi connectivity index (χ2n) is 4.92. The number of hydrogen-bond donors (Lipinski definition) is 2. The van der Waals surface area contributed by atoms with Gasteiger partial charge in [0.05, 0.1) is 6.54 Å². The van der Waals surface area contributed by atoms with Crippen LogP contribution in [0.3, 0.4) is 0 Å². The molecule has 1 fully saturated rings. The molecule has 0 radical (unpaired) electrons. The fourth-order valence-corrected chi connectivity index (χ4v) is 2.35. The smallest absolute Gasteiger partial charge is 0.312 e. The second-order valence-corrected chi connectivity index (χ2v) is 4.92. The van der Waals surface area contributed by atoms with Crippen LogP contribution in [0.4, 0.5) is 14.9 Å². The fourth-order valence-electron chi connectivity index (χ4n) is 2.35. The molecule has 3 amide bonds. The Labute approximate surface area is 122 Å². The molecule has 0 saturated carbocycles. The molecule has 0 bridgehead atoms. The normalized spacial score (nSPS) is 15.5. The maximum Gasteiger partial charge on any atom is 0.312 e. The van der Waals surface area contributed by atoms with Gasteiger partial charge in [0, 0.05) is 31.9 Å². The molecular weight excluding hydrogens is 275 g/mol. The summed E-state index contributed by atoms with van der Waals surface area (Å²) in [6, 6.07) is 5.63. The largest absolute Gasteiger partial charge is 0.370 e. The van der Waals surface area contributed by atoms with Crippen molar-refractivity contribution in [3.63, 3.8) is 0 Å². The molecule has 2 rings (SSSR count). The van der Waals surface area contributed by atoms with Crippen molar-refractivity contribution in [2.75, 3.05) is 37.6 Å². The van der Waals surface area contributed by atoms with Gasteiger partial charge in [0.15, 0.2) is 0 Å². The van der Waals surface area contributed by atoms with Gasteiger partial charge in [-0.15, -0.1) is 0 Å². The average Bonchev–Trinajstić information content (AvgIpc) is 2.71. The highest BCUT2D eigenvalue weighted by Gasteiger charge is 2.19. The molecule has 1 aliphatic heterocycles. The first-order valence-electron chi connectivity index (χ1n) is 6.88. The summed E-state index contributed by atoms with van der Waals surface area (Å²) >= 11 is 0. The standard InChI is InChI=1S/C14H19FN4O2/c15-11-2-4-12(5-3-11)18-6-1-7-19(9-8-18)13(20)10-17-14(16)21/h2-5H,1,6-10H2,(H3,16,17,21). The third kappa shape index (κ3) is 4.34. The van der Waals surface area contributed by atoms with Crippen molar-refractivity contribution in [1.82, 2.24) is 10.2 Å². The Bertz CT molecular complexity index is 506. The van der Waals surface area contributed by atoms with Gasteiger partial charge < -0.3 is 20.9 Å². The molecule has 6 nitrogen and oxygen atoms in total. The van der Waals surface area contributed by atoms with Crippen molar-refractivity contribution in [2.45, 2.75) is 6.42 Å². The SMILES string of the molecule is NC(=O)NCC(=O)N1CCCN(c2ccc(F)cc2)CC1. The summed E-state index contributed by atoms with van der Waals surface area (Å²) in [4.78, 5) is 26.4. The predicted octanol–water partition coefficient (Wildman–Crippen LogP) is 0.533. The summed E-state index contributed by atoms with van der Waals surface area (Å²) in [6.07, 6.45) is 0.819. The number of hydrogen-bond acceptors (Lipinski definition) is 3. The molecule has 21 heavy (non-hydrogen) atoms. The van der Waals surface area contributed by atoms with Crippen LogP contribution in [0, 0.1) is 5.82 Å². The second kappa shape index (κ2) is 6.92. The zero-order valence-electron chi connectivity index (χ0n) is 11.7. The number of urea groups is 1. The van der Waals surface area contributed by atoms with E-state index in [1.807, 2.05) is 0 Å². The summed E-state index contributed by atoms with van der Waals surface area (Å²) in [5.74, 6) is -0.405. The van der Waals surface area contributed by atoms with E-state index in [1.54, 1.807) is 17.0 Å². The molecule has 1 aromatic rings. The summed E-state index contributed by atoms with van der Waals surface area (Å²) in [6.45, 7) is 2.60. The van der Waals surface area contributed by atoms with Gasteiger partial charge >= 0.3 is 6.03 Å². The number of rotatable bonds is 3. The topological polar surface area (TPSA) is 78.7 Å². The molecule has 0 unspecified atom stereocenters. The lowest BCUT2D eigenvalue weighted by Crippen LogP contribution is -2.43. The van der Waals surface area contributed by atoms with Crippen LogP contribution < -0.4 is 16.0 Å². The van der Waals surface area contributed by atoms with Crippen LogP contribution in [-0.2, 0) is 4.79 Å². The zero-order chi connectivity index (χ0) is 15.2. The Kier molecular flexibility index (Phi) is 4.97. The monoisotopic (exact) mass is 294 g/mol. The minimum atomic E-state index is -0.703. The van der Waals surface area contributed by atoms with E-state index in [2.05, 4.69) is 10.2 Å². The van der Waals surface area contributed by atoms with Crippen LogP contribution in [0.25, 0.3) is 0 Å². The minimum absolute atomic E-state index is 0.0775. The maximum atomic E-state index is 12.9. The van der Waals surface area contributed by atoms with Crippen molar-refractivity contribution in [2.24, 2.45) is 5.73 Å². The number of benzene rings is 1. The highest BCUT2D eigenvalue weighted by Crippen LogP contribution is 2.17. The third-order valence-corrected chi connectivity index (χ3v) is 3.45. The zero-order valence-corrected chi connectivity index (χ0v) is 11.7. The van der Waals surface area contributed by atoms with Crippen LogP contribution in [0.15, 0.2) is 24.3 Å². The molecule has 3 N–H and O–H groups in total. The molecule has 0 spiro atoms. The van der Waals surface area contributed by atoms with Gasteiger partial charge in [-0.1, -0.05) is 0 Å². The summed E-state index contributed by atoms with van der Waals surface area (Å²) < 4.78 is 12.9. The van der Waals surface area contributed by atoms with Crippen molar-refractivity contribution < 1.29 is 14.0 Å². The highest BCUT2D eigenvalue weighted by atomic mass is 19.1. The van der Waals surface area contributed by atoms with E-state index in [1.165, 1.54) is 12.1 Å². The number of nitrogens with two attached hydrogens (primary N) is 1. The first-order valence-corrected chi connectivity index (χ1v) is 6.88. The Balaban J connectivity index is 1.91. The van der Waals surface area contributed by atoms with Gasteiger partial charge in [0.1, 0.15) is 5.82 Å². The van der Waals surface area contributed by atoms with Gasteiger partial charge in [0.2, 0.25) is 5.91 Å². The first-order chi connectivity index (χ1) is 10.1. The van der Waals surface area contributed by atoms with Gasteiger partial charge in [-0.2, -0.15) is 0 Å². The lowest BCUT2D eigenvalue weighted by atomic mass is 10.2. The quantitative estimate of drug-likeness (QED) is 0.853.